The second-order valence-corrected chi connectivity index (χ2v) is 7.03. The number of hydrogen-bond donors (Lipinski definition) is 2. The van der Waals surface area contributed by atoms with Gasteiger partial charge in [0.05, 0.1) is 18.3 Å². The average Bonchev–Trinajstić information content (AvgIpc) is 3.24. The minimum absolute atomic E-state index is 0.0132. The highest BCUT2D eigenvalue weighted by Crippen LogP contribution is 2.30. The first kappa shape index (κ1) is 16.1. The molecule has 0 amide bonds. The number of aromatic nitrogens is 4. The van der Waals surface area contributed by atoms with Crippen LogP contribution in [0.1, 0.15) is 50.3 Å². The van der Waals surface area contributed by atoms with Gasteiger partial charge in [-0.05, 0) is 37.5 Å². The summed E-state index contributed by atoms with van der Waals surface area (Å²) in [5.41, 5.74) is 1.55. The fourth-order valence-electron chi connectivity index (χ4n) is 3.46. The van der Waals surface area contributed by atoms with Gasteiger partial charge in [-0.3, -0.25) is 9.78 Å². The Balaban J connectivity index is 1.66. The molecule has 7 heteroatoms. The number of nitrogens with one attached hydrogen (secondary N) is 2. The van der Waals surface area contributed by atoms with E-state index in [4.69, 9.17) is 11.6 Å². The number of hydrogen-bond acceptors (Lipinski definition) is 4. The van der Waals surface area contributed by atoms with Crippen LogP contribution >= 0.6 is 11.6 Å². The SMILES string of the molecule is C[C@H](Nc1nc2c(cnn2C2CCCC2)c(=O)[nH]1)c1ccc(Cl)cc1. The largest absolute Gasteiger partial charge is 0.349 e. The Morgan fingerprint density at radius 3 is 2.72 bits per heavy atom. The highest BCUT2D eigenvalue weighted by Gasteiger charge is 2.21. The molecular formula is C18H20ClN5O. The van der Waals surface area contributed by atoms with E-state index in [9.17, 15) is 4.79 Å². The van der Waals surface area contributed by atoms with Crippen LogP contribution in [0.5, 0.6) is 0 Å². The van der Waals surface area contributed by atoms with Crippen molar-refractivity contribution >= 4 is 28.6 Å². The number of rotatable bonds is 4. The molecule has 130 valence electrons. The topological polar surface area (TPSA) is 75.6 Å². The Morgan fingerprint density at radius 1 is 1.28 bits per heavy atom. The van der Waals surface area contributed by atoms with Crippen LogP contribution in [0.4, 0.5) is 5.95 Å². The molecule has 2 N–H and O–H groups in total. The second-order valence-electron chi connectivity index (χ2n) is 6.60. The first-order valence-electron chi connectivity index (χ1n) is 8.61. The molecule has 0 radical (unpaired) electrons. The van der Waals surface area contributed by atoms with Crippen molar-refractivity contribution in [2.45, 2.75) is 44.7 Å². The fraction of sp³-hybridized carbons (Fsp3) is 0.389. The lowest BCUT2D eigenvalue weighted by molar-refractivity contribution is 0.478. The molecule has 1 atom stereocenters. The normalized spacial score (nSPS) is 16.4. The van der Waals surface area contributed by atoms with Gasteiger partial charge in [-0.25, -0.2) is 4.68 Å². The minimum Gasteiger partial charge on any atom is -0.349 e. The fourth-order valence-corrected chi connectivity index (χ4v) is 3.59. The van der Waals surface area contributed by atoms with Gasteiger partial charge in [0.1, 0.15) is 5.39 Å². The van der Waals surface area contributed by atoms with Crippen LogP contribution in [-0.4, -0.2) is 19.7 Å². The summed E-state index contributed by atoms with van der Waals surface area (Å²) in [5, 5.41) is 8.92. The monoisotopic (exact) mass is 357 g/mol. The molecule has 0 unspecified atom stereocenters. The van der Waals surface area contributed by atoms with E-state index in [1.54, 1.807) is 6.20 Å². The molecule has 0 bridgehead atoms. The molecule has 1 aliphatic carbocycles. The highest BCUT2D eigenvalue weighted by atomic mass is 35.5. The quantitative estimate of drug-likeness (QED) is 0.738. The molecule has 3 aromatic rings. The van der Waals surface area contributed by atoms with Gasteiger partial charge in [0.25, 0.3) is 5.56 Å². The van der Waals surface area contributed by atoms with Crippen LogP contribution in [-0.2, 0) is 0 Å². The zero-order valence-electron chi connectivity index (χ0n) is 14.0. The van der Waals surface area contributed by atoms with Crippen LogP contribution in [0.15, 0.2) is 35.3 Å². The summed E-state index contributed by atoms with van der Waals surface area (Å²) >= 11 is 5.94. The molecule has 25 heavy (non-hydrogen) atoms. The Bertz CT molecular complexity index is 940. The third kappa shape index (κ3) is 3.14. The van der Waals surface area contributed by atoms with Crippen molar-refractivity contribution in [3.8, 4) is 0 Å². The van der Waals surface area contributed by atoms with Gasteiger partial charge >= 0.3 is 0 Å². The van der Waals surface area contributed by atoms with E-state index in [0.717, 1.165) is 18.4 Å². The Kier molecular flexibility index (Phi) is 4.21. The van der Waals surface area contributed by atoms with Crippen molar-refractivity contribution in [3.05, 3.63) is 51.4 Å². The number of fused-ring (bicyclic) bond motifs is 1. The standard InChI is InChI=1S/C18H20ClN5O/c1-11(12-6-8-13(19)9-7-12)21-18-22-16-15(17(25)23-18)10-20-24(16)14-4-2-3-5-14/h6-11,14H,2-5H2,1H3,(H2,21,22,23,25)/t11-/m0/s1. The van der Waals surface area contributed by atoms with Crippen LogP contribution in [0.3, 0.4) is 0 Å². The second kappa shape index (κ2) is 6.52. The van der Waals surface area contributed by atoms with Gasteiger partial charge in [0, 0.05) is 5.02 Å². The number of nitrogens with zero attached hydrogens (tertiary/aromatic N) is 3. The maximum absolute atomic E-state index is 12.4. The van der Waals surface area contributed by atoms with Crippen molar-refractivity contribution < 1.29 is 0 Å². The van der Waals surface area contributed by atoms with Crippen LogP contribution in [0.25, 0.3) is 11.0 Å². The number of anilines is 1. The van der Waals surface area contributed by atoms with Crippen LogP contribution < -0.4 is 10.9 Å². The molecule has 1 aliphatic rings. The summed E-state index contributed by atoms with van der Waals surface area (Å²) in [6.45, 7) is 2.02. The van der Waals surface area contributed by atoms with Crippen molar-refractivity contribution in [3.63, 3.8) is 0 Å². The van der Waals surface area contributed by atoms with E-state index in [2.05, 4.69) is 20.4 Å². The van der Waals surface area contributed by atoms with Crippen molar-refractivity contribution in [2.24, 2.45) is 0 Å². The van der Waals surface area contributed by atoms with Gasteiger partial charge in [-0.1, -0.05) is 36.6 Å². The molecule has 2 heterocycles. The molecule has 6 nitrogen and oxygen atoms in total. The zero-order chi connectivity index (χ0) is 17.4. The third-order valence-electron chi connectivity index (χ3n) is 4.86. The van der Waals surface area contributed by atoms with Crippen molar-refractivity contribution in [1.82, 2.24) is 19.7 Å². The lowest BCUT2D eigenvalue weighted by Gasteiger charge is -2.15. The predicted molar refractivity (Wildman–Crippen MR) is 99.1 cm³/mol. The molecule has 1 saturated carbocycles. The van der Waals surface area contributed by atoms with Gasteiger partial charge in [0.15, 0.2) is 5.65 Å². The van der Waals surface area contributed by atoms with Crippen molar-refractivity contribution in [1.29, 1.82) is 0 Å². The Labute approximate surface area is 150 Å². The smallest absolute Gasteiger partial charge is 0.263 e. The highest BCUT2D eigenvalue weighted by molar-refractivity contribution is 6.30. The summed E-state index contributed by atoms with van der Waals surface area (Å²) in [4.78, 5) is 19.8. The molecule has 1 aromatic carbocycles. The minimum atomic E-state index is -0.167. The molecule has 2 aromatic heterocycles. The number of aromatic amines is 1. The first-order chi connectivity index (χ1) is 12.1. The van der Waals surface area contributed by atoms with Crippen LogP contribution in [0, 0.1) is 0 Å². The predicted octanol–water partition coefficient (Wildman–Crippen LogP) is 4.06. The number of benzene rings is 1. The van der Waals surface area contributed by atoms with Crippen molar-refractivity contribution in [2.75, 3.05) is 5.32 Å². The first-order valence-corrected chi connectivity index (χ1v) is 8.99. The summed E-state index contributed by atoms with van der Waals surface area (Å²) < 4.78 is 1.91. The van der Waals surface area contributed by atoms with E-state index in [-0.39, 0.29) is 11.6 Å². The van der Waals surface area contributed by atoms with E-state index in [0.29, 0.717) is 28.0 Å². The Hall–Kier alpha value is -2.34. The van der Waals surface area contributed by atoms with E-state index < -0.39 is 0 Å². The maximum Gasteiger partial charge on any atom is 0.263 e. The molecule has 4 rings (SSSR count). The summed E-state index contributed by atoms with van der Waals surface area (Å²) in [7, 11) is 0. The lowest BCUT2D eigenvalue weighted by atomic mass is 10.1. The number of halogens is 1. The van der Waals surface area contributed by atoms with Gasteiger partial charge < -0.3 is 5.32 Å². The van der Waals surface area contributed by atoms with E-state index in [1.807, 2.05) is 35.9 Å². The van der Waals surface area contributed by atoms with Gasteiger partial charge in [-0.15, -0.1) is 0 Å². The summed E-state index contributed by atoms with van der Waals surface area (Å²) in [6, 6.07) is 7.94. The summed E-state index contributed by atoms with van der Waals surface area (Å²) in [5.74, 6) is 0.458. The van der Waals surface area contributed by atoms with Gasteiger partial charge in [-0.2, -0.15) is 10.1 Å². The Morgan fingerprint density at radius 2 is 2.00 bits per heavy atom. The van der Waals surface area contributed by atoms with Crippen LogP contribution in [0.2, 0.25) is 5.02 Å². The summed E-state index contributed by atoms with van der Waals surface area (Å²) in [6.07, 6.45) is 6.21. The molecule has 0 spiro atoms. The average molecular weight is 358 g/mol. The maximum atomic E-state index is 12.4. The molecule has 0 aliphatic heterocycles. The molecular weight excluding hydrogens is 338 g/mol. The molecule has 0 saturated heterocycles. The zero-order valence-corrected chi connectivity index (χ0v) is 14.8. The van der Waals surface area contributed by atoms with Gasteiger partial charge in [0.2, 0.25) is 5.95 Å². The lowest BCUT2D eigenvalue weighted by Crippen LogP contribution is -2.17. The third-order valence-corrected chi connectivity index (χ3v) is 5.11. The molecule has 1 fully saturated rings. The van der Waals surface area contributed by atoms with E-state index in [1.165, 1.54) is 12.8 Å². The number of H-pyrrole nitrogens is 1. The van der Waals surface area contributed by atoms with E-state index >= 15 is 0 Å².